The molecule has 98 valence electrons. The van der Waals surface area contributed by atoms with Crippen molar-refractivity contribution in [2.24, 2.45) is 5.41 Å². The molecule has 1 N–H and O–H groups in total. The number of rotatable bonds is 4. The van der Waals surface area contributed by atoms with E-state index < -0.39 is 0 Å². The van der Waals surface area contributed by atoms with Gasteiger partial charge in [-0.05, 0) is 53.0 Å². The lowest BCUT2D eigenvalue weighted by Gasteiger charge is -2.26. The van der Waals surface area contributed by atoms with Crippen LogP contribution in [-0.2, 0) is 0 Å². The molecular weight excluding hydrogens is 405 g/mol. The maximum absolute atomic E-state index is 12.1. The zero-order valence-corrected chi connectivity index (χ0v) is 14.0. The lowest BCUT2D eigenvalue weighted by molar-refractivity contribution is 0.0934. The van der Waals surface area contributed by atoms with Crippen LogP contribution in [0.2, 0.25) is 0 Å². The largest absolute Gasteiger partial charge is 0.351 e. The summed E-state index contributed by atoms with van der Waals surface area (Å²) in [6.07, 6.45) is 4.99. The van der Waals surface area contributed by atoms with E-state index in [1.807, 2.05) is 24.3 Å². The summed E-state index contributed by atoms with van der Waals surface area (Å²) in [5, 5.41) is 4.08. The zero-order chi connectivity index (χ0) is 13.0. The van der Waals surface area contributed by atoms with Crippen molar-refractivity contribution in [1.82, 2.24) is 5.32 Å². The molecule has 0 aromatic heterocycles. The fourth-order valence-corrected chi connectivity index (χ4v) is 3.88. The Hall–Kier alpha value is -0.100. The lowest BCUT2D eigenvalue weighted by atomic mass is 9.89. The van der Waals surface area contributed by atoms with Gasteiger partial charge in [-0.25, -0.2) is 0 Å². The maximum Gasteiger partial charge on any atom is 0.252 e. The zero-order valence-electron chi connectivity index (χ0n) is 10.2. The summed E-state index contributed by atoms with van der Waals surface area (Å²) >= 11 is 5.81. The molecule has 4 heteroatoms. The van der Waals surface area contributed by atoms with Crippen LogP contribution in [0, 0.1) is 8.99 Å². The average molecular weight is 422 g/mol. The third kappa shape index (κ3) is 3.26. The van der Waals surface area contributed by atoms with Gasteiger partial charge < -0.3 is 5.32 Å². The van der Waals surface area contributed by atoms with E-state index >= 15 is 0 Å². The van der Waals surface area contributed by atoms with E-state index in [9.17, 15) is 4.79 Å². The van der Waals surface area contributed by atoms with Gasteiger partial charge >= 0.3 is 0 Å². The van der Waals surface area contributed by atoms with E-state index in [4.69, 9.17) is 0 Å². The number of hydrogen-bond acceptors (Lipinski definition) is 1. The molecule has 0 saturated heterocycles. The predicted octanol–water partition coefficient (Wildman–Crippen LogP) is 3.98. The fourth-order valence-electron chi connectivity index (χ4n) is 2.49. The van der Waals surface area contributed by atoms with Crippen LogP contribution in [0.15, 0.2) is 24.3 Å². The topological polar surface area (TPSA) is 29.1 Å². The van der Waals surface area contributed by atoms with Crippen molar-refractivity contribution < 1.29 is 4.79 Å². The molecule has 18 heavy (non-hydrogen) atoms. The Morgan fingerprint density at radius 1 is 1.33 bits per heavy atom. The van der Waals surface area contributed by atoms with E-state index in [-0.39, 0.29) is 11.3 Å². The molecule has 0 atom stereocenters. The molecular formula is C14H17BrINO. The first-order chi connectivity index (χ1) is 8.67. The average Bonchev–Trinajstić information content (AvgIpc) is 2.86. The van der Waals surface area contributed by atoms with E-state index in [1.54, 1.807) is 0 Å². The van der Waals surface area contributed by atoms with Crippen LogP contribution >= 0.6 is 38.5 Å². The number of nitrogens with one attached hydrogen (secondary N) is 1. The third-order valence-corrected chi connectivity index (χ3v) is 5.82. The monoisotopic (exact) mass is 421 g/mol. The molecule has 1 aromatic carbocycles. The van der Waals surface area contributed by atoms with Crippen LogP contribution in [0.1, 0.15) is 36.0 Å². The van der Waals surface area contributed by atoms with Gasteiger partial charge in [-0.15, -0.1) is 0 Å². The van der Waals surface area contributed by atoms with Crippen molar-refractivity contribution in [2.45, 2.75) is 25.7 Å². The molecule has 1 fully saturated rings. The highest BCUT2D eigenvalue weighted by Crippen LogP contribution is 2.39. The smallest absolute Gasteiger partial charge is 0.252 e. The van der Waals surface area contributed by atoms with Gasteiger partial charge in [-0.1, -0.05) is 40.9 Å². The summed E-state index contributed by atoms with van der Waals surface area (Å²) in [6.45, 7) is 0.780. The summed E-state index contributed by atoms with van der Waals surface area (Å²) in [7, 11) is 0. The number of carbonyl (C=O) groups excluding carboxylic acids is 1. The fraction of sp³-hybridized carbons (Fsp3) is 0.500. The molecule has 0 radical (unpaired) electrons. The van der Waals surface area contributed by atoms with Crippen molar-refractivity contribution >= 4 is 44.4 Å². The second-order valence-corrected chi connectivity index (χ2v) is 6.73. The molecule has 0 unspecified atom stereocenters. The molecule has 1 amide bonds. The summed E-state index contributed by atoms with van der Waals surface area (Å²) in [5.74, 6) is 0.0484. The minimum absolute atomic E-state index is 0.0484. The van der Waals surface area contributed by atoms with Gasteiger partial charge in [0, 0.05) is 15.4 Å². The SMILES string of the molecule is O=C(NCC1(CBr)CCCC1)c1ccccc1I. The van der Waals surface area contributed by atoms with Gasteiger partial charge in [0.05, 0.1) is 5.56 Å². The first-order valence-corrected chi connectivity index (χ1v) is 8.46. The Balaban J connectivity index is 1.98. The predicted molar refractivity (Wildman–Crippen MR) is 86.2 cm³/mol. The summed E-state index contributed by atoms with van der Waals surface area (Å²) in [5.41, 5.74) is 1.05. The minimum Gasteiger partial charge on any atom is -0.351 e. The molecule has 1 aliphatic rings. The standard InChI is InChI=1S/C14H17BrINO/c15-9-14(7-3-4-8-14)10-17-13(18)11-5-1-2-6-12(11)16/h1-2,5-6H,3-4,7-10H2,(H,17,18). The first-order valence-electron chi connectivity index (χ1n) is 6.26. The second kappa shape index (κ2) is 6.37. The summed E-state index contributed by atoms with van der Waals surface area (Å²) < 4.78 is 1.01. The van der Waals surface area contributed by atoms with Crippen molar-refractivity contribution in [3.8, 4) is 0 Å². The highest BCUT2D eigenvalue weighted by molar-refractivity contribution is 14.1. The van der Waals surface area contributed by atoms with Gasteiger partial charge in [0.15, 0.2) is 0 Å². The van der Waals surface area contributed by atoms with Gasteiger partial charge in [-0.3, -0.25) is 4.79 Å². The Morgan fingerprint density at radius 3 is 2.61 bits per heavy atom. The number of alkyl halides is 1. The molecule has 1 aromatic rings. The summed E-state index contributed by atoms with van der Waals surface area (Å²) in [6, 6.07) is 7.71. The lowest BCUT2D eigenvalue weighted by Crippen LogP contribution is -2.37. The van der Waals surface area contributed by atoms with Crippen molar-refractivity contribution in [2.75, 3.05) is 11.9 Å². The molecule has 0 heterocycles. The molecule has 0 bridgehead atoms. The molecule has 0 aliphatic heterocycles. The first kappa shape index (κ1) is 14.3. The van der Waals surface area contributed by atoms with E-state index in [0.29, 0.717) is 0 Å². The van der Waals surface area contributed by atoms with E-state index in [1.165, 1.54) is 25.7 Å². The highest BCUT2D eigenvalue weighted by Gasteiger charge is 2.33. The molecule has 2 nitrogen and oxygen atoms in total. The number of hydrogen-bond donors (Lipinski definition) is 1. The van der Waals surface area contributed by atoms with Crippen LogP contribution in [0.3, 0.4) is 0 Å². The Morgan fingerprint density at radius 2 is 2.00 bits per heavy atom. The molecule has 1 saturated carbocycles. The highest BCUT2D eigenvalue weighted by atomic mass is 127. The van der Waals surface area contributed by atoms with E-state index in [2.05, 4.69) is 43.8 Å². The van der Waals surface area contributed by atoms with Crippen LogP contribution in [0.5, 0.6) is 0 Å². The molecule has 0 spiro atoms. The Bertz CT molecular complexity index is 430. The third-order valence-electron chi connectivity index (χ3n) is 3.69. The minimum atomic E-state index is 0.0484. The number of amides is 1. The van der Waals surface area contributed by atoms with Gasteiger partial charge in [0.2, 0.25) is 0 Å². The molecule has 2 rings (SSSR count). The van der Waals surface area contributed by atoms with Gasteiger partial charge in [0.25, 0.3) is 5.91 Å². The number of halogens is 2. The Kier molecular flexibility index (Phi) is 5.06. The van der Waals surface area contributed by atoms with Gasteiger partial charge in [-0.2, -0.15) is 0 Å². The van der Waals surface area contributed by atoms with Crippen LogP contribution in [-0.4, -0.2) is 17.8 Å². The van der Waals surface area contributed by atoms with Gasteiger partial charge in [0.1, 0.15) is 0 Å². The number of carbonyl (C=O) groups is 1. The van der Waals surface area contributed by atoms with Crippen LogP contribution < -0.4 is 5.32 Å². The van der Waals surface area contributed by atoms with Crippen molar-refractivity contribution in [1.29, 1.82) is 0 Å². The summed E-state index contributed by atoms with van der Waals surface area (Å²) in [4.78, 5) is 12.1. The van der Waals surface area contributed by atoms with E-state index in [0.717, 1.165) is 21.0 Å². The van der Waals surface area contributed by atoms with Crippen LogP contribution in [0.4, 0.5) is 0 Å². The van der Waals surface area contributed by atoms with Crippen molar-refractivity contribution in [3.63, 3.8) is 0 Å². The van der Waals surface area contributed by atoms with Crippen molar-refractivity contribution in [3.05, 3.63) is 33.4 Å². The molecule has 1 aliphatic carbocycles. The quantitative estimate of drug-likeness (QED) is 0.578. The number of benzene rings is 1. The Labute approximate surface area is 130 Å². The second-order valence-electron chi connectivity index (χ2n) is 5.00. The normalized spacial score (nSPS) is 17.7. The van der Waals surface area contributed by atoms with Crippen LogP contribution in [0.25, 0.3) is 0 Å². The maximum atomic E-state index is 12.1.